The van der Waals surface area contributed by atoms with Crippen molar-refractivity contribution in [3.8, 4) is 0 Å². The third kappa shape index (κ3) is 9.60. The molecular formula is C15H25ClIN5O. The van der Waals surface area contributed by atoms with Crippen LogP contribution in [0.25, 0.3) is 0 Å². The maximum atomic E-state index is 11.6. The SMILES string of the molecule is CCCNC(=NCC(=O)N(C)C)NCCc1ccc(Cl)nc1.I. The maximum absolute atomic E-state index is 11.6. The number of hydrogen-bond donors (Lipinski definition) is 2. The predicted molar refractivity (Wildman–Crippen MR) is 106 cm³/mol. The average Bonchev–Trinajstić information content (AvgIpc) is 2.50. The van der Waals surface area contributed by atoms with Crippen molar-refractivity contribution in [3.05, 3.63) is 29.0 Å². The smallest absolute Gasteiger partial charge is 0.243 e. The van der Waals surface area contributed by atoms with Gasteiger partial charge in [-0.2, -0.15) is 0 Å². The lowest BCUT2D eigenvalue weighted by Gasteiger charge is -2.13. The van der Waals surface area contributed by atoms with Gasteiger partial charge in [-0.3, -0.25) is 4.79 Å². The van der Waals surface area contributed by atoms with Crippen molar-refractivity contribution < 1.29 is 4.79 Å². The molecule has 0 spiro atoms. The largest absolute Gasteiger partial charge is 0.356 e. The summed E-state index contributed by atoms with van der Waals surface area (Å²) in [7, 11) is 3.44. The van der Waals surface area contributed by atoms with Gasteiger partial charge in [-0.1, -0.05) is 24.6 Å². The Hall–Kier alpha value is -1.09. The third-order valence-electron chi connectivity index (χ3n) is 2.91. The molecule has 23 heavy (non-hydrogen) atoms. The number of aliphatic imine (C=N–C) groups is 1. The molecule has 6 nitrogen and oxygen atoms in total. The zero-order chi connectivity index (χ0) is 16.4. The van der Waals surface area contributed by atoms with Gasteiger partial charge in [0, 0.05) is 33.4 Å². The highest BCUT2D eigenvalue weighted by Gasteiger charge is 2.04. The summed E-state index contributed by atoms with van der Waals surface area (Å²) >= 11 is 5.76. The summed E-state index contributed by atoms with van der Waals surface area (Å²) in [6, 6.07) is 3.72. The number of halogens is 2. The van der Waals surface area contributed by atoms with E-state index < -0.39 is 0 Å². The topological polar surface area (TPSA) is 69.6 Å². The Kier molecular flexibility index (Phi) is 11.8. The number of nitrogens with zero attached hydrogens (tertiary/aromatic N) is 3. The number of pyridine rings is 1. The van der Waals surface area contributed by atoms with Crippen LogP contribution in [0.1, 0.15) is 18.9 Å². The summed E-state index contributed by atoms with van der Waals surface area (Å²) in [5, 5.41) is 6.90. The minimum Gasteiger partial charge on any atom is -0.356 e. The van der Waals surface area contributed by atoms with Gasteiger partial charge in [0.15, 0.2) is 5.96 Å². The van der Waals surface area contributed by atoms with Gasteiger partial charge in [-0.05, 0) is 24.5 Å². The van der Waals surface area contributed by atoms with Crippen molar-refractivity contribution in [1.29, 1.82) is 0 Å². The lowest BCUT2D eigenvalue weighted by atomic mass is 10.2. The van der Waals surface area contributed by atoms with Gasteiger partial charge in [-0.15, -0.1) is 24.0 Å². The van der Waals surface area contributed by atoms with E-state index in [1.807, 2.05) is 6.07 Å². The number of carbonyl (C=O) groups is 1. The predicted octanol–water partition coefficient (Wildman–Crippen LogP) is 1.93. The normalized spacial score (nSPS) is 10.7. The van der Waals surface area contributed by atoms with Crippen LogP contribution in [0.3, 0.4) is 0 Å². The van der Waals surface area contributed by atoms with Crippen molar-refractivity contribution in [3.63, 3.8) is 0 Å². The van der Waals surface area contributed by atoms with Crippen LogP contribution in [0.4, 0.5) is 0 Å². The Labute approximate surface area is 160 Å². The molecule has 1 heterocycles. The Balaban J connectivity index is 0.00000484. The second kappa shape index (κ2) is 12.3. The van der Waals surface area contributed by atoms with Crippen LogP contribution in [0.15, 0.2) is 23.3 Å². The molecule has 1 rings (SSSR count). The molecule has 2 N–H and O–H groups in total. The zero-order valence-corrected chi connectivity index (χ0v) is 16.9. The van der Waals surface area contributed by atoms with Crippen molar-refractivity contribution in [1.82, 2.24) is 20.5 Å². The van der Waals surface area contributed by atoms with Gasteiger partial charge in [0.05, 0.1) is 0 Å². The van der Waals surface area contributed by atoms with E-state index in [1.165, 1.54) is 4.90 Å². The molecule has 0 saturated carbocycles. The molecule has 8 heteroatoms. The van der Waals surface area contributed by atoms with E-state index in [0.717, 1.165) is 24.9 Å². The molecule has 0 aliphatic rings. The Morgan fingerprint density at radius 2 is 2.00 bits per heavy atom. The number of hydrogen-bond acceptors (Lipinski definition) is 3. The van der Waals surface area contributed by atoms with E-state index in [-0.39, 0.29) is 36.4 Å². The van der Waals surface area contributed by atoms with E-state index in [1.54, 1.807) is 26.4 Å². The highest BCUT2D eigenvalue weighted by atomic mass is 127. The van der Waals surface area contributed by atoms with E-state index >= 15 is 0 Å². The molecule has 0 radical (unpaired) electrons. The second-order valence-corrected chi connectivity index (χ2v) is 5.43. The van der Waals surface area contributed by atoms with E-state index in [4.69, 9.17) is 11.6 Å². The summed E-state index contributed by atoms with van der Waals surface area (Å²) in [5.74, 6) is 0.624. The summed E-state index contributed by atoms with van der Waals surface area (Å²) in [6.45, 7) is 3.73. The lowest BCUT2D eigenvalue weighted by Crippen LogP contribution is -2.39. The molecule has 0 aliphatic heterocycles. The molecule has 0 aromatic carbocycles. The number of rotatable bonds is 7. The number of nitrogens with one attached hydrogen (secondary N) is 2. The third-order valence-corrected chi connectivity index (χ3v) is 3.13. The van der Waals surface area contributed by atoms with Crippen LogP contribution in [0.5, 0.6) is 0 Å². The van der Waals surface area contributed by atoms with Crippen molar-refractivity contribution >= 4 is 47.4 Å². The number of amides is 1. The van der Waals surface area contributed by atoms with Crippen LogP contribution in [0.2, 0.25) is 5.15 Å². The van der Waals surface area contributed by atoms with Gasteiger partial charge < -0.3 is 15.5 Å². The number of carbonyl (C=O) groups excluding carboxylic acids is 1. The molecule has 0 fully saturated rings. The number of guanidine groups is 1. The first-order valence-electron chi connectivity index (χ1n) is 7.35. The zero-order valence-electron chi connectivity index (χ0n) is 13.8. The summed E-state index contributed by atoms with van der Waals surface area (Å²) < 4.78 is 0. The molecule has 1 amide bonds. The van der Waals surface area contributed by atoms with Gasteiger partial charge in [-0.25, -0.2) is 9.98 Å². The molecule has 0 unspecified atom stereocenters. The van der Waals surface area contributed by atoms with Crippen LogP contribution < -0.4 is 10.6 Å². The fraction of sp³-hybridized carbons (Fsp3) is 0.533. The summed E-state index contributed by atoms with van der Waals surface area (Å²) in [5.41, 5.74) is 1.09. The first-order chi connectivity index (χ1) is 10.5. The minimum atomic E-state index is -0.0282. The van der Waals surface area contributed by atoms with E-state index in [0.29, 0.717) is 17.7 Å². The van der Waals surface area contributed by atoms with Crippen molar-refractivity contribution in [2.75, 3.05) is 33.7 Å². The highest BCUT2D eigenvalue weighted by Crippen LogP contribution is 2.05. The Morgan fingerprint density at radius 1 is 1.30 bits per heavy atom. The maximum Gasteiger partial charge on any atom is 0.243 e. The lowest BCUT2D eigenvalue weighted by molar-refractivity contribution is -0.127. The minimum absolute atomic E-state index is 0. The molecule has 0 bridgehead atoms. The standard InChI is InChI=1S/C15H24ClN5O.HI/c1-4-8-17-15(20-11-14(22)21(2)3)18-9-7-12-5-6-13(16)19-10-12;/h5-6,10H,4,7-9,11H2,1-3H3,(H2,17,18,20);1H. The quantitative estimate of drug-likeness (QED) is 0.286. The van der Waals surface area contributed by atoms with Crippen molar-refractivity contribution in [2.24, 2.45) is 4.99 Å². The first-order valence-corrected chi connectivity index (χ1v) is 7.73. The first kappa shape index (κ1) is 21.9. The van der Waals surface area contributed by atoms with Crippen molar-refractivity contribution in [2.45, 2.75) is 19.8 Å². The second-order valence-electron chi connectivity index (χ2n) is 5.05. The fourth-order valence-electron chi connectivity index (χ4n) is 1.59. The number of aromatic nitrogens is 1. The van der Waals surface area contributed by atoms with Gasteiger partial charge in [0.1, 0.15) is 11.7 Å². The summed E-state index contributed by atoms with van der Waals surface area (Å²) in [4.78, 5) is 21.5. The average molecular weight is 454 g/mol. The van der Waals surface area contributed by atoms with E-state index in [9.17, 15) is 4.79 Å². The molecule has 130 valence electrons. The van der Waals surface area contributed by atoms with Gasteiger partial charge in [0.25, 0.3) is 0 Å². The van der Waals surface area contributed by atoms with Crippen LogP contribution in [-0.4, -0.2) is 55.5 Å². The van der Waals surface area contributed by atoms with Crippen LogP contribution in [-0.2, 0) is 11.2 Å². The van der Waals surface area contributed by atoms with Gasteiger partial charge in [0.2, 0.25) is 5.91 Å². The molecule has 0 saturated heterocycles. The monoisotopic (exact) mass is 453 g/mol. The molecule has 0 aliphatic carbocycles. The highest BCUT2D eigenvalue weighted by molar-refractivity contribution is 14.0. The molecule has 0 atom stereocenters. The van der Waals surface area contributed by atoms with Crippen LogP contribution in [0, 0.1) is 0 Å². The Bertz CT molecular complexity index is 493. The summed E-state index contributed by atoms with van der Waals surface area (Å²) in [6.07, 6.45) is 3.55. The Morgan fingerprint density at radius 3 is 2.57 bits per heavy atom. The van der Waals surface area contributed by atoms with Crippen LogP contribution >= 0.6 is 35.6 Å². The van der Waals surface area contributed by atoms with Gasteiger partial charge >= 0.3 is 0 Å². The molecule has 1 aromatic rings. The molecule has 1 aromatic heterocycles. The molecular weight excluding hydrogens is 429 g/mol. The fourth-order valence-corrected chi connectivity index (χ4v) is 1.70. The van der Waals surface area contributed by atoms with E-state index in [2.05, 4.69) is 27.5 Å². The number of likely N-dealkylation sites (N-methyl/N-ethyl adjacent to an activating group) is 1.